The minimum Gasteiger partial charge on any atom is -0.341 e. The van der Waals surface area contributed by atoms with Crippen LogP contribution in [-0.2, 0) is 0 Å². The zero-order chi connectivity index (χ0) is 11.0. The van der Waals surface area contributed by atoms with E-state index in [0.717, 1.165) is 10.9 Å². The van der Waals surface area contributed by atoms with Crippen LogP contribution in [0.2, 0.25) is 0 Å². The van der Waals surface area contributed by atoms with Crippen LogP contribution in [0.25, 0.3) is 10.9 Å². The summed E-state index contributed by atoms with van der Waals surface area (Å²) in [5.74, 6) is 0. The number of fused-ring (bicyclic) bond motifs is 1. The molecule has 0 aliphatic rings. The lowest BCUT2D eigenvalue weighted by molar-refractivity contribution is -0.383. The largest absolute Gasteiger partial charge is 0.341 e. The van der Waals surface area contributed by atoms with Crippen molar-refractivity contribution in [1.82, 2.24) is 4.98 Å². The van der Waals surface area contributed by atoms with Gasteiger partial charge in [-0.2, -0.15) is 5.26 Å². The maximum Gasteiger partial charge on any atom is 0.293 e. The Hall–Kier alpha value is -2.35. The van der Waals surface area contributed by atoms with Crippen LogP contribution in [0.3, 0.4) is 0 Å². The first-order valence-electron chi connectivity index (χ1n) is 4.30. The van der Waals surface area contributed by atoms with E-state index in [9.17, 15) is 10.1 Å². The number of hydrogen-bond acceptors (Lipinski definition) is 3. The molecule has 0 amide bonds. The van der Waals surface area contributed by atoms with E-state index >= 15 is 0 Å². The highest BCUT2D eigenvalue weighted by Crippen LogP contribution is 2.27. The van der Waals surface area contributed by atoms with E-state index in [2.05, 4.69) is 4.98 Å². The maximum atomic E-state index is 10.7. The lowest BCUT2D eigenvalue weighted by atomic mass is 10.1. The monoisotopic (exact) mass is 201 g/mol. The van der Waals surface area contributed by atoms with Gasteiger partial charge >= 0.3 is 0 Å². The smallest absolute Gasteiger partial charge is 0.293 e. The predicted molar refractivity (Wildman–Crippen MR) is 54.4 cm³/mol. The Labute approximate surface area is 85.1 Å². The van der Waals surface area contributed by atoms with Crippen LogP contribution in [0.15, 0.2) is 18.2 Å². The van der Waals surface area contributed by atoms with Crippen molar-refractivity contribution in [3.8, 4) is 6.07 Å². The highest BCUT2D eigenvalue weighted by atomic mass is 16.6. The Balaban J connectivity index is 2.87. The fourth-order valence-electron chi connectivity index (χ4n) is 1.56. The van der Waals surface area contributed by atoms with Gasteiger partial charge in [0.05, 0.1) is 4.92 Å². The SMILES string of the molecule is Cc1ccc([N+](=O)[O-])c2[nH]c(C#N)cc12. The number of aromatic amines is 1. The summed E-state index contributed by atoms with van der Waals surface area (Å²) in [6.07, 6.45) is 0. The van der Waals surface area contributed by atoms with Crippen molar-refractivity contribution in [2.24, 2.45) is 0 Å². The van der Waals surface area contributed by atoms with Crippen LogP contribution in [0.1, 0.15) is 11.3 Å². The lowest BCUT2D eigenvalue weighted by Crippen LogP contribution is -1.89. The number of non-ortho nitro benzene ring substituents is 1. The molecule has 74 valence electrons. The van der Waals surface area contributed by atoms with Crippen LogP contribution in [0.4, 0.5) is 5.69 Å². The predicted octanol–water partition coefficient (Wildman–Crippen LogP) is 2.26. The molecule has 0 saturated carbocycles. The molecule has 5 nitrogen and oxygen atoms in total. The average molecular weight is 201 g/mol. The Morgan fingerprint density at radius 1 is 1.53 bits per heavy atom. The van der Waals surface area contributed by atoms with Crippen molar-refractivity contribution in [2.45, 2.75) is 6.92 Å². The van der Waals surface area contributed by atoms with Gasteiger partial charge in [-0.15, -0.1) is 0 Å². The summed E-state index contributed by atoms with van der Waals surface area (Å²) in [7, 11) is 0. The molecule has 1 heterocycles. The van der Waals surface area contributed by atoms with E-state index in [-0.39, 0.29) is 5.69 Å². The molecule has 0 spiro atoms. The zero-order valence-corrected chi connectivity index (χ0v) is 7.94. The number of hydrogen-bond donors (Lipinski definition) is 1. The third kappa shape index (κ3) is 1.32. The number of nitro benzene ring substituents is 1. The van der Waals surface area contributed by atoms with Gasteiger partial charge in [-0.05, 0) is 18.6 Å². The number of benzene rings is 1. The number of H-pyrrole nitrogens is 1. The zero-order valence-electron chi connectivity index (χ0n) is 7.94. The van der Waals surface area contributed by atoms with Crippen molar-refractivity contribution in [3.05, 3.63) is 39.6 Å². The number of nitro groups is 1. The van der Waals surface area contributed by atoms with Gasteiger partial charge in [-0.1, -0.05) is 6.07 Å². The van der Waals surface area contributed by atoms with Crippen molar-refractivity contribution in [1.29, 1.82) is 5.26 Å². The van der Waals surface area contributed by atoms with Gasteiger partial charge in [-0.3, -0.25) is 10.1 Å². The fraction of sp³-hybridized carbons (Fsp3) is 0.100. The maximum absolute atomic E-state index is 10.7. The molecule has 0 fully saturated rings. The first kappa shape index (κ1) is 9.21. The fourth-order valence-corrected chi connectivity index (χ4v) is 1.56. The Bertz CT molecular complexity index is 592. The molecule has 0 aliphatic carbocycles. The van der Waals surface area contributed by atoms with Gasteiger partial charge in [0.1, 0.15) is 17.3 Å². The Kier molecular flexibility index (Phi) is 1.90. The molecule has 15 heavy (non-hydrogen) atoms. The minimum absolute atomic E-state index is 0.00269. The molecule has 0 saturated heterocycles. The second kappa shape index (κ2) is 3.10. The summed E-state index contributed by atoms with van der Waals surface area (Å²) >= 11 is 0. The number of nitriles is 1. The van der Waals surface area contributed by atoms with Crippen LogP contribution in [0.5, 0.6) is 0 Å². The Morgan fingerprint density at radius 2 is 2.27 bits per heavy atom. The van der Waals surface area contributed by atoms with Crippen molar-refractivity contribution >= 4 is 16.6 Å². The highest BCUT2D eigenvalue weighted by Gasteiger charge is 2.15. The van der Waals surface area contributed by atoms with E-state index in [1.807, 2.05) is 13.0 Å². The van der Waals surface area contributed by atoms with E-state index < -0.39 is 4.92 Å². The van der Waals surface area contributed by atoms with Gasteiger partial charge in [0.25, 0.3) is 5.69 Å². The van der Waals surface area contributed by atoms with Crippen molar-refractivity contribution < 1.29 is 4.92 Å². The average Bonchev–Trinajstić information content (AvgIpc) is 2.62. The molecule has 1 aromatic heterocycles. The molecule has 0 atom stereocenters. The molecule has 5 heteroatoms. The third-order valence-corrected chi connectivity index (χ3v) is 2.31. The quantitative estimate of drug-likeness (QED) is 0.567. The normalized spacial score (nSPS) is 10.1. The number of rotatable bonds is 1. The third-order valence-electron chi connectivity index (χ3n) is 2.31. The van der Waals surface area contributed by atoms with Crippen LogP contribution in [0, 0.1) is 28.4 Å². The van der Waals surface area contributed by atoms with Crippen LogP contribution in [-0.4, -0.2) is 9.91 Å². The van der Waals surface area contributed by atoms with Gasteiger partial charge in [0, 0.05) is 11.5 Å². The van der Waals surface area contributed by atoms with Gasteiger partial charge in [0.15, 0.2) is 0 Å². The first-order valence-corrected chi connectivity index (χ1v) is 4.30. The summed E-state index contributed by atoms with van der Waals surface area (Å²) in [5.41, 5.74) is 1.66. The number of nitrogens with zero attached hydrogens (tertiary/aromatic N) is 2. The highest BCUT2D eigenvalue weighted by molar-refractivity contribution is 5.91. The van der Waals surface area contributed by atoms with Gasteiger partial charge in [0.2, 0.25) is 0 Å². The standard InChI is InChI=1S/C10H7N3O2/c1-6-2-3-9(13(14)15)10-8(6)4-7(5-11)12-10/h2-4,12H,1H3. The van der Waals surface area contributed by atoms with Crippen LogP contribution < -0.4 is 0 Å². The van der Waals surface area contributed by atoms with Gasteiger partial charge in [-0.25, -0.2) is 0 Å². The lowest BCUT2D eigenvalue weighted by Gasteiger charge is -1.96. The van der Waals surface area contributed by atoms with Crippen molar-refractivity contribution in [3.63, 3.8) is 0 Å². The van der Waals surface area contributed by atoms with E-state index in [0.29, 0.717) is 11.2 Å². The molecular formula is C10H7N3O2. The number of aryl methyl sites for hydroxylation is 1. The summed E-state index contributed by atoms with van der Waals surface area (Å²) in [4.78, 5) is 13.0. The topological polar surface area (TPSA) is 82.7 Å². The molecule has 0 radical (unpaired) electrons. The minimum atomic E-state index is -0.459. The molecule has 1 N–H and O–H groups in total. The summed E-state index contributed by atoms with van der Waals surface area (Å²) in [6, 6.07) is 6.67. The van der Waals surface area contributed by atoms with Crippen molar-refractivity contribution in [2.75, 3.05) is 0 Å². The Morgan fingerprint density at radius 3 is 2.87 bits per heavy atom. The molecule has 2 rings (SSSR count). The molecule has 0 unspecified atom stereocenters. The van der Waals surface area contributed by atoms with E-state index in [4.69, 9.17) is 5.26 Å². The number of aromatic nitrogens is 1. The number of nitrogens with one attached hydrogen (secondary N) is 1. The molecule has 0 aliphatic heterocycles. The van der Waals surface area contributed by atoms with Crippen LogP contribution >= 0.6 is 0 Å². The second-order valence-corrected chi connectivity index (χ2v) is 3.24. The molecule has 2 aromatic rings. The molecule has 1 aromatic carbocycles. The first-order chi connectivity index (χ1) is 7.13. The molecular weight excluding hydrogens is 194 g/mol. The van der Waals surface area contributed by atoms with E-state index in [1.54, 1.807) is 12.1 Å². The van der Waals surface area contributed by atoms with Gasteiger partial charge < -0.3 is 4.98 Å². The molecule has 0 bridgehead atoms. The summed E-state index contributed by atoms with van der Waals surface area (Å²) in [5, 5.41) is 20.2. The van der Waals surface area contributed by atoms with E-state index in [1.165, 1.54) is 6.07 Å². The summed E-state index contributed by atoms with van der Waals surface area (Å²) < 4.78 is 0. The summed E-state index contributed by atoms with van der Waals surface area (Å²) in [6.45, 7) is 1.85. The second-order valence-electron chi connectivity index (χ2n) is 3.24.